The van der Waals surface area contributed by atoms with Crippen LogP contribution in [0, 0.1) is 13.8 Å². The van der Waals surface area contributed by atoms with Gasteiger partial charge in [0.15, 0.2) is 0 Å². The summed E-state index contributed by atoms with van der Waals surface area (Å²) in [4.78, 5) is 14.8. The number of hydrogen-bond acceptors (Lipinski definition) is 4. The van der Waals surface area contributed by atoms with Crippen molar-refractivity contribution in [3.05, 3.63) is 65.3 Å². The molecule has 3 aromatic rings. The number of aromatic nitrogens is 2. The van der Waals surface area contributed by atoms with Gasteiger partial charge in [-0.1, -0.05) is 17.3 Å². The highest BCUT2D eigenvalue weighted by atomic mass is 16.5. The van der Waals surface area contributed by atoms with E-state index in [9.17, 15) is 4.79 Å². The molecule has 6 nitrogen and oxygen atoms in total. The number of aryl methyl sites for hydroxylation is 2. The highest BCUT2D eigenvalue weighted by molar-refractivity contribution is 5.77. The summed E-state index contributed by atoms with van der Waals surface area (Å²) in [5.74, 6) is 1.03. The molecule has 2 aromatic heterocycles. The van der Waals surface area contributed by atoms with Gasteiger partial charge in [-0.2, -0.15) is 0 Å². The molecule has 1 saturated heterocycles. The largest absolute Gasteiger partial charge is 0.372 e. The van der Waals surface area contributed by atoms with Crippen LogP contribution in [0.25, 0.3) is 5.69 Å². The zero-order valence-corrected chi connectivity index (χ0v) is 16.9. The average molecular weight is 390 g/mol. The predicted molar refractivity (Wildman–Crippen MR) is 111 cm³/mol. The maximum absolute atomic E-state index is 12.8. The standard InChI is InChI=1S/C23H26N4O2/c1-16-18(17(2)29-25-16)9-10-22(28)26-14-11-23(12-15-26)21-8-5-13-27(21)20-7-4-3-6-19(20)24-23/h3-8,13,24H,9-12,14-15H2,1-2H3. The van der Waals surface area contributed by atoms with Crippen LogP contribution >= 0.6 is 0 Å². The molecule has 0 aliphatic carbocycles. The topological polar surface area (TPSA) is 63.3 Å². The number of nitrogens with one attached hydrogen (secondary N) is 1. The highest BCUT2D eigenvalue weighted by Gasteiger charge is 2.42. The van der Waals surface area contributed by atoms with Crippen LogP contribution in [-0.4, -0.2) is 33.6 Å². The Morgan fingerprint density at radius 2 is 1.97 bits per heavy atom. The van der Waals surface area contributed by atoms with Crippen molar-refractivity contribution in [3.63, 3.8) is 0 Å². The number of rotatable bonds is 3. The Labute approximate surface area is 170 Å². The smallest absolute Gasteiger partial charge is 0.222 e. The van der Waals surface area contributed by atoms with E-state index in [0.29, 0.717) is 12.8 Å². The predicted octanol–water partition coefficient (Wildman–Crippen LogP) is 3.96. The summed E-state index contributed by atoms with van der Waals surface area (Å²) in [6.07, 6.45) is 5.14. The average Bonchev–Trinajstić information content (AvgIpc) is 3.35. The van der Waals surface area contributed by atoms with E-state index >= 15 is 0 Å². The number of nitrogens with zero attached hydrogens (tertiary/aromatic N) is 3. The minimum Gasteiger partial charge on any atom is -0.372 e. The Kier molecular flexibility index (Phi) is 4.23. The fourth-order valence-corrected chi connectivity index (χ4v) is 4.86. The maximum atomic E-state index is 12.8. The molecule has 6 heteroatoms. The molecule has 2 aliphatic rings. The first kappa shape index (κ1) is 18.0. The zero-order valence-electron chi connectivity index (χ0n) is 16.9. The van der Waals surface area contributed by atoms with Gasteiger partial charge in [0.2, 0.25) is 5.91 Å². The third-order valence-corrected chi connectivity index (χ3v) is 6.52. The normalized spacial score (nSPS) is 17.0. The SMILES string of the molecule is Cc1noc(C)c1CCC(=O)N1CCC2(CC1)Nc1ccccc1-n1cccc12. The van der Waals surface area contributed by atoms with Crippen molar-refractivity contribution >= 4 is 11.6 Å². The lowest BCUT2D eigenvalue weighted by molar-refractivity contribution is -0.132. The zero-order chi connectivity index (χ0) is 20.0. The van der Waals surface area contributed by atoms with Crippen LogP contribution in [0.15, 0.2) is 47.1 Å². The first-order valence-corrected chi connectivity index (χ1v) is 10.3. The molecule has 1 amide bonds. The molecule has 0 bridgehead atoms. The van der Waals surface area contributed by atoms with Gasteiger partial charge in [0.25, 0.3) is 0 Å². The van der Waals surface area contributed by atoms with Gasteiger partial charge in [-0.25, -0.2) is 0 Å². The Morgan fingerprint density at radius 1 is 1.17 bits per heavy atom. The minimum atomic E-state index is -0.115. The maximum Gasteiger partial charge on any atom is 0.222 e. The van der Waals surface area contributed by atoms with Crippen LogP contribution in [0.1, 0.15) is 42.0 Å². The minimum absolute atomic E-state index is 0.115. The Hall–Kier alpha value is -3.02. The van der Waals surface area contributed by atoms with Crippen LogP contribution in [-0.2, 0) is 16.8 Å². The highest BCUT2D eigenvalue weighted by Crippen LogP contribution is 2.43. The van der Waals surface area contributed by atoms with Gasteiger partial charge in [0.1, 0.15) is 5.76 Å². The Morgan fingerprint density at radius 3 is 2.72 bits per heavy atom. The van der Waals surface area contributed by atoms with Crippen molar-refractivity contribution in [1.82, 2.24) is 14.6 Å². The first-order valence-electron chi connectivity index (χ1n) is 10.3. The molecule has 4 heterocycles. The number of carbonyl (C=O) groups is 1. The molecule has 0 radical (unpaired) electrons. The van der Waals surface area contributed by atoms with Gasteiger partial charge in [-0.05, 0) is 57.4 Å². The molecule has 1 aromatic carbocycles. The van der Waals surface area contributed by atoms with Gasteiger partial charge in [-0.15, -0.1) is 0 Å². The van der Waals surface area contributed by atoms with Gasteiger partial charge in [0, 0.05) is 37.0 Å². The molecule has 0 atom stereocenters. The third-order valence-electron chi connectivity index (χ3n) is 6.52. The quantitative estimate of drug-likeness (QED) is 0.735. The molecule has 0 unspecified atom stereocenters. The molecule has 150 valence electrons. The van der Waals surface area contributed by atoms with Gasteiger partial charge in [0.05, 0.1) is 22.6 Å². The van der Waals surface area contributed by atoms with E-state index in [2.05, 4.69) is 57.6 Å². The molecule has 1 spiro atoms. The molecule has 29 heavy (non-hydrogen) atoms. The van der Waals surface area contributed by atoms with Gasteiger partial charge < -0.3 is 19.3 Å². The van der Waals surface area contributed by atoms with Crippen molar-refractivity contribution in [2.45, 2.75) is 45.1 Å². The van der Waals surface area contributed by atoms with Crippen LogP contribution < -0.4 is 5.32 Å². The fourth-order valence-electron chi connectivity index (χ4n) is 4.86. The van der Waals surface area contributed by atoms with Crippen LogP contribution in [0.2, 0.25) is 0 Å². The van der Waals surface area contributed by atoms with Gasteiger partial charge >= 0.3 is 0 Å². The van der Waals surface area contributed by atoms with E-state index in [1.165, 1.54) is 11.4 Å². The summed E-state index contributed by atoms with van der Waals surface area (Å²) in [5, 5.41) is 7.79. The van der Waals surface area contributed by atoms with E-state index in [4.69, 9.17) is 4.52 Å². The summed E-state index contributed by atoms with van der Waals surface area (Å²) < 4.78 is 7.51. The van der Waals surface area contributed by atoms with E-state index in [1.54, 1.807) is 0 Å². The Balaban J connectivity index is 1.29. The molecule has 1 fully saturated rings. The Bertz CT molecular complexity index is 1040. The van der Waals surface area contributed by atoms with Crippen LogP contribution in [0.3, 0.4) is 0 Å². The second kappa shape index (κ2) is 6.79. The van der Waals surface area contributed by atoms with Crippen LogP contribution in [0.4, 0.5) is 5.69 Å². The number of hydrogen-bond donors (Lipinski definition) is 1. The summed E-state index contributed by atoms with van der Waals surface area (Å²) in [6.45, 7) is 5.37. The van der Waals surface area contributed by atoms with Crippen molar-refractivity contribution in [1.29, 1.82) is 0 Å². The number of fused-ring (bicyclic) bond motifs is 4. The number of amides is 1. The molecule has 2 aliphatic heterocycles. The van der Waals surface area contributed by atoms with Crippen LogP contribution in [0.5, 0.6) is 0 Å². The summed E-state index contributed by atoms with van der Waals surface area (Å²) in [5.41, 5.74) is 5.48. The lowest BCUT2D eigenvalue weighted by atomic mass is 9.82. The number of likely N-dealkylation sites (tertiary alicyclic amines) is 1. The lowest BCUT2D eigenvalue weighted by Crippen LogP contribution is -2.51. The third kappa shape index (κ3) is 2.94. The summed E-state index contributed by atoms with van der Waals surface area (Å²) >= 11 is 0. The number of piperidine rings is 1. The van der Waals surface area contributed by atoms with Crippen molar-refractivity contribution in [2.24, 2.45) is 0 Å². The number of carbonyl (C=O) groups excluding carboxylic acids is 1. The molecule has 1 N–H and O–H groups in total. The monoisotopic (exact) mass is 390 g/mol. The van der Waals surface area contributed by atoms with Crippen molar-refractivity contribution < 1.29 is 9.32 Å². The summed E-state index contributed by atoms with van der Waals surface area (Å²) in [6, 6.07) is 12.7. The number of anilines is 1. The molecule has 5 rings (SSSR count). The molecular formula is C23H26N4O2. The fraction of sp³-hybridized carbons (Fsp3) is 0.391. The number of benzene rings is 1. The van der Waals surface area contributed by atoms with Crippen molar-refractivity contribution in [2.75, 3.05) is 18.4 Å². The van der Waals surface area contributed by atoms with E-state index in [1.807, 2.05) is 18.7 Å². The molecule has 0 saturated carbocycles. The van der Waals surface area contributed by atoms with E-state index in [0.717, 1.165) is 48.6 Å². The van der Waals surface area contributed by atoms with E-state index in [-0.39, 0.29) is 11.4 Å². The van der Waals surface area contributed by atoms with Crippen molar-refractivity contribution in [3.8, 4) is 5.69 Å². The molecular weight excluding hydrogens is 364 g/mol. The lowest BCUT2D eigenvalue weighted by Gasteiger charge is -2.46. The van der Waals surface area contributed by atoms with Gasteiger partial charge in [-0.3, -0.25) is 4.79 Å². The first-order chi connectivity index (χ1) is 14.1. The second-order valence-corrected chi connectivity index (χ2v) is 8.17. The van der Waals surface area contributed by atoms with E-state index < -0.39 is 0 Å². The second-order valence-electron chi connectivity index (χ2n) is 8.17. The number of para-hydroxylation sites is 2. The summed E-state index contributed by atoms with van der Waals surface area (Å²) in [7, 11) is 0.